The molecular weight excluding hydrogens is 398 g/mol. The van der Waals surface area contributed by atoms with Gasteiger partial charge in [0.1, 0.15) is 5.82 Å². The second kappa shape index (κ2) is 9.06. The van der Waals surface area contributed by atoms with E-state index in [-0.39, 0.29) is 11.8 Å². The van der Waals surface area contributed by atoms with Crippen molar-refractivity contribution in [3.63, 3.8) is 0 Å². The topological polar surface area (TPSA) is 108 Å². The molecule has 10 heteroatoms. The van der Waals surface area contributed by atoms with E-state index in [2.05, 4.69) is 20.5 Å². The molecule has 1 fully saturated rings. The molecule has 2 heterocycles. The van der Waals surface area contributed by atoms with Crippen molar-refractivity contribution in [3.8, 4) is 0 Å². The third kappa shape index (κ3) is 5.12. The lowest BCUT2D eigenvalue weighted by Crippen LogP contribution is -2.43. The third-order valence-corrected chi connectivity index (χ3v) is 7.45. The fourth-order valence-electron chi connectivity index (χ4n) is 3.07. The fraction of sp³-hybridized carbons (Fsp3) is 0.500. The van der Waals surface area contributed by atoms with Gasteiger partial charge in [0.2, 0.25) is 21.1 Å². The van der Waals surface area contributed by atoms with Gasteiger partial charge in [-0.2, -0.15) is 4.31 Å². The minimum atomic E-state index is -3.50. The van der Waals surface area contributed by atoms with Crippen molar-refractivity contribution in [1.82, 2.24) is 24.8 Å². The van der Waals surface area contributed by atoms with Gasteiger partial charge in [-0.25, -0.2) is 13.4 Å². The van der Waals surface area contributed by atoms with Gasteiger partial charge in [-0.05, 0) is 38.8 Å². The van der Waals surface area contributed by atoms with Gasteiger partial charge in [-0.15, -0.1) is 5.10 Å². The molecule has 3 rings (SSSR count). The summed E-state index contributed by atoms with van der Waals surface area (Å²) in [5.41, 5.74) is 1.02. The van der Waals surface area contributed by atoms with Gasteiger partial charge in [0.15, 0.2) is 0 Å². The van der Waals surface area contributed by atoms with Crippen molar-refractivity contribution in [2.75, 3.05) is 25.4 Å². The number of aryl methyl sites for hydroxylation is 2. The number of hydrogen-bond acceptors (Lipinski definition) is 6. The second-order valence-corrected chi connectivity index (χ2v) is 9.83. The zero-order valence-corrected chi connectivity index (χ0v) is 17.6. The minimum Gasteiger partial charge on any atom is -0.355 e. The molecule has 0 spiro atoms. The van der Waals surface area contributed by atoms with Crippen LogP contribution in [0.2, 0.25) is 0 Å². The number of amides is 1. The van der Waals surface area contributed by atoms with Crippen LogP contribution in [0.3, 0.4) is 0 Å². The van der Waals surface area contributed by atoms with Crippen molar-refractivity contribution < 1.29 is 13.2 Å². The Morgan fingerprint density at radius 1 is 1.25 bits per heavy atom. The number of thioether (sulfide) groups is 1. The Labute approximate surface area is 169 Å². The van der Waals surface area contributed by atoms with Crippen LogP contribution in [0.15, 0.2) is 34.3 Å². The molecule has 152 valence electrons. The molecule has 0 saturated carbocycles. The molecule has 0 radical (unpaired) electrons. The van der Waals surface area contributed by atoms with Gasteiger partial charge >= 0.3 is 0 Å². The summed E-state index contributed by atoms with van der Waals surface area (Å²) in [5.74, 6) is 1.28. The summed E-state index contributed by atoms with van der Waals surface area (Å²) >= 11 is 1.48. The van der Waals surface area contributed by atoms with E-state index >= 15 is 0 Å². The van der Waals surface area contributed by atoms with E-state index < -0.39 is 10.0 Å². The molecule has 1 aliphatic heterocycles. The second-order valence-electron chi connectivity index (χ2n) is 6.83. The number of benzene rings is 1. The third-order valence-electron chi connectivity index (χ3n) is 4.69. The molecular formula is C18H25N5O3S2. The summed E-state index contributed by atoms with van der Waals surface area (Å²) in [7, 11) is -3.50. The molecule has 1 amide bonds. The molecule has 8 nitrogen and oxygen atoms in total. The average Bonchev–Trinajstić information content (AvgIpc) is 3.10. The maximum absolute atomic E-state index is 12.7. The highest BCUT2D eigenvalue weighted by Gasteiger charge is 2.31. The van der Waals surface area contributed by atoms with Crippen molar-refractivity contribution in [1.29, 1.82) is 0 Å². The monoisotopic (exact) mass is 423 g/mol. The fourth-order valence-corrected chi connectivity index (χ4v) is 5.23. The zero-order valence-electron chi connectivity index (χ0n) is 16.0. The molecule has 2 N–H and O–H groups in total. The van der Waals surface area contributed by atoms with Gasteiger partial charge < -0.3 is 5.32 Å². The number of nitrogens with one attached hydrogen (secondary N) is 2. The Morgan fingerprint density at radius 3 is 2.54 bits per heavy atom. The largest absolute Gasteiger partial charge is 0.355 e. The molecule has 0 atom stereocenters. The number of aromatic amines is 1. The lowest BCUT2D eigenvalue weighted by molar-refractivity contribution is -0.125. The highest BCUT2D eigenvalue weighted by atomic mass is 32.2. The number of nitrogens with zero attached hydrogens (tertiary/aromatic N) is 3. The normalized spacial score (nSPS) is 16.2. The van der Waals surface area contributed by atoms with Crippen LogP contribution in [0, 0.1) is 19.8 Å². The molecule has 1 aromatic heterocycles. The van der Waals surface area contributed by atoms with E-state index in [0.717, 1.165) is 11.4 Å². The number of H-pyrrole nitrogens is 1. The molecule has 1 aromatic carbocycles. The van der Waals surface area contributed by atoms with Crippen LogP contribution in [-0.4, -0.2) is 59.2 Å². The van der Waals surface area contributed by atoms with Crippen LogP contribution >= 0.6 is 11.8 Å². The highest BCUT2D eigenvalue weighted by molar-refractivity contribution is 7.99. The van der Waals surface area contributed by atoms with Crippen LogP contribution in [0.1, 0.15) is 24.2 Å². The smallest absolute Gasteiger partial charge is 0.243 e. The van der Waals surface area contributed by atoms with Crippen LogP contribution in [0.25, 0.3) is 0 Å². The first-order chi connectivity index (χ1) is 13.4. The summed E-state index contributed by atoms with van der Waals surface area (Å²) in [6.07, 6.45) is 1.06. The number of rotatable bonds is 7. The van der Waals surface area contributed by atoms with E-state index in [1.54, 1.807) is 24.3 Å². The van der Waals surface area contributed by atoms with Crippen molar-refractivity contribution >= 4 is 27.7 Å². The van der Waals surface area contributed by atoms with E-state index in [4.69, 9.17) is 0 Å². The summed E-state index contributed by atoms with van der Waals surface area (Å²) < 4.78 is 26.9. The number of carbonyl (C=O) groups is 1. The maximum Gasteiger partial charge on any atom is 0.243 e. The van der Waals surface area contributed by atoms with Crippen LogP contribution < -0.4 is 5.32 Å². The first kappa shape index (κ1) is 20.8. The van der Waals surface area contributed by atoms with Gasteiger partial charge in [-0.1, -0.05) is 29.5 Å². The Bertz CT molecular complexity index is 904. The lowest BCUT2D eigenvalue weighted by Gasteiger charge is -2.30. The van der Waals surface area contributed by atoms with Gasteiger partial charge in [0.25, 0.3) is 0 Å². The summed E-state index contributed by atoms with van der Waals surface area (Å²) in [6.45, 7) is 5.01. The van der Waals surface area contributed by atoms with Crippen LogP contribution in [0.4, 0.5) is 0 Å². The number of aromatic nitrogens is 3. The lowest BCUT2D eigenvalue weighted by atomic mass is 9.97. The SMILES string of the molecule is Cc1ccc(S(=O)(=O)N2CCC(C(=O)NCCSc3n[nH]c(C)n3)CC2)cc1. The van der Waals surface area contributed by atoms with Crippen LogP contribution in [0.5, 0.6) is 0 Å². The first-order valence-corrected chi connectivity index (χ1v) is 11.6. The highest BCUT2D eigenvalue weighted by Crippen LogP contribution is 2.24. The number of piperidine rings is 1. The molecule has 0 unspecified atom stereocenters. The summed E-state index contributed by atoms with van der Waals surface area (Å²) in [5, 5.41) is 10.4. The number of carbonyl (C=O) groups excluding carboxylic acids is 1. The van der Waals surface area contributed by atoms with Gasteiger partial charge in [0.05, 0.1) is 4.90 Å². The molecule has 2 aromatic rings. The molecule has 1 saturated heterocycles. The van der Waals surface area contributed by atoms with Crippen molar-refractivity contribution in [3.05, 3.63) is 35.7 Å². The molecule has 0 aliphatic carbocycles. The van der Waals surface area contributed by atoms with E-state index in [9.17, 15) is 13.2 Å². The Kier molecular flexibility index (Phi) is 6.73. The van der Waals surface area contributed by atoms with Crippen LogP contribution in [-0.2, 0) is 14.8 Å². The van der Waals surface area contributed by atoms with Crippen molar-refractivity contribution in [2.24, 2.45) is 5.92 Å². The Morgan fingerprint density at radius 2 is 1.93 bits per heavy atom. The summed E-state index contributed by atoms with van der Waals surface area (Å²) in [6, 6.07) is 6.86. The number of sulfonamides is 1. The quantitative estimate of drug-likeness (QED) is 0.519. The van der Waals surface area contributed by atoms with Gasteiger partial charge in [0, 0.05) is 31.3 Å². The predicted molar refractivity (Wildman–Crippen MR) is 108 cm³/mol. The predicted octanol–water partition coefficient (Wildman–Crippen LogP) is 1.73. The van der Waals surface area contributed by atoms with Gasteiger partial charge in [-0.3, -0.25) is 9.89 Å². The van der Waals surface area contributed by atoms with Crippen molar-refractivity contribution in [2.45, 2.75) is 36.7 Å². The van der Waals surface area contributed by atoms with E-state index in [1.165, 1.54) is 16.1 Å². The van der Waals surface area contributed by atoms with E-state index in [0.29, 0.717) is 48.3 Å². The molecule has 0 bridgehead atoms. The first-order valence-electron chi connectivity index (χ1n) is 9.22. The average molecular weight is 424 g/mol. The molecule has 1 aliphatic rings. The zero-order chi connectivity index (χ0) is 20.1. The Hall–Kier alpha value is -1.91. The Balaban J connectivity index is 1.44. The van der Waals surface area contributed by atoms with E-state index in [1.807, 2.05) is 13.8 Å². The summed E-state index contributed by atoms with van der Waals surface area (Å²) in [4.78, 5) is 16.9. The number of hydrogen-bond donors (Lipinski definition) is 2. The maximum atomic E-state index is 12.7. The molecule has 28 heavy (non-hydrogen) atoms. The standard InChI is InChI=1S/C18H25N5O3S2/c1-13-3-5-16(6-4-13)28(25,26)23-10-7-15(8-11-23)17(24)19-9-12-27-18-20-14(2)21-22-18/h3-6,15H,7-12H2,1-2H3,(H,19,24)(H,20,21,22). The minimum absolute atomic E-state index is 0.0147.